The van der Waals surface area contributed by atoms with Crippen LogP contribution in [-0.2, 0) is 24.5 Å². The molecule has 25 heavy (non-hydrogen) atoms. The van der Waals surface area contributed by atoms with Crippen LogP contribution in [0.3, 0.4) is 0 Å². The van der Waals surface area contributed by atoms with E-state index in [9.17, 15) is 9.59 Å². The standard InChI is InChI=1S/C21H28O4/c1-4-5-6-7-8-12-15-20(17-13-10-9-11-14-17)16-21(20,18(22)24-2)19(23)25-3/h9-15H,4-8,16H2,1-3H3/b15-12+/t20-/m0/s1. The Morgan fingerprint density at radius 2 is 1.68 bits per heavy atom. The SMILES string of the molecule is CCCCCC/C=C/[C@@]1(c2ccccc2)CC1(C(=O)OC)C(=O)OC. The lowest BCUT2D eigenvalue weighted by molar-refractivity contribution is -0.162. The summed E-state index contributed by atoms with van der Waals surface area (Å²) in [6.45, 7) is 2.19. The Kier molecular flexibility index (Phi) is 6.40. The second kappa shape index (κ2) is 8.32. The van der Waals surface area contributed by atoms with Crippen LogP contribution in [0, 0.1) is 5.41 Å². The lowest BCUT2D eigenvalue weighted by Gasteiger charge is -2.20. The van der Waals surface area contributed by atoms with Gasteiger partial charge in [0.1, 0.15) is 0 Å². The molecule has 0 aromatic heterocycles. The third-order valence-corrected chi connectivity index (χ3v) is 5.16. The molecule has 0 spiro atoms. The zero-order chi connectivity index (χ0) is 18.3. The summed E-state index contributed by atoms with van der Waals surface area (Å²) in [6, 6.07) is 9.67. The predicted molar refractivity (Wildman–Crippen MR) is 97.1 cm³/mol. The van der Waals surface area contributed by atoms with Gasteiger partial charge in [-0.3, -0.25) is 9.59 Å². The first-order chi connectivity index (χ1) is 12.1. The molecular formula is C21H28O4. The van der Waals surface area contributed by atoms with Gasteiger partial charge in [-0.15, -0.1) is 0 Å². The molecule has 136 valence electrons. The van der Waals surface area contributed by atoms with E-state index in [0.29, 0.717) is 6.42 Å². The summed E-state index contributed by atoms with van der Waals surface area (Å²) in [4.78, 5) is 25.0. The van der Waals surface area contributed by atoms with E-state index in [1.165, 1.54) is 33.5 Å². The van der Waals surface area contributed by atoms with Crippen molar-refractivity contribution >= 4 is 11.9 Å². The van der Waals surface area contributed by atoms with E-state index in [2.05, 4.69) is 13.0 Å². The van der Waals surface area contributed by atoms with Crippen LogP contribution in [0.2, 0.25) is 0 Å². The molecule has 4 nitrogen and oxygen atoms in total. The van der Waals surface area contributed by atoms with Crippen molar-refractivity contribution in [3.63, 3.8) is 0 Å². The van der Waals surface area contributed by atoms with Crippen LogP contribution in [0.5, 0.6) is 0 Å². The van der Waals surface area contributed by atoms with Gasteiger partial charge < -0.3 is 9.47 Å². The fourth-order valence-corrected chi connectivity index (χ4v) is 3.67. The Morgan fingerprint density at radius 3 is 2.24 bits per heavy atom. The minimum atomic E-state index is -1.28. The topological polar surface area (TPSA) is 52.6 Å². The number of methoxy groups -OCH3 is 2. The summed E-state index contributed by atoms with van der Waals surface area (Å²) >= 11 is 0. The largest absolute Gasteiger partial charge is 0.468 e. The molecule has 0 aliphatic heterocycles. The Balaban J connectivity index is 2.31. The van der Waals surface area contributed by atoms with Crippen LogP contribution in [0.4, 0.5) is 0 Å². The van der Waals surface area contributed by atoms with Crippen molar-refractivity contribution in [2.24, 2.45) is 5.41 Å². The van der Waals surface area contributed by atoms with Gasteiger partial charge in [-0.25, -0.2) is 0 Å². The fraction of sp³-hybridized carbons (Fsp3) is 0.524. The summed E-state index contributed by atoms with van der Waals surface area (Å²) in [6.07, 6.45) is 10.2. The molecule has 0 N–H and O–H groups in total. The molecule has 0 heterocycles. The minimum Gasteiger partial charge on any atom is -0.468 e. The molecule has 0 radical (unpaired) electrons. The van der Waals surface area contributed by atoms with Gasteiger partial charge >= 0.3 is 11.9 Å². The van der Waals surface area contributed by atoms with Gasteiger partial charge in [-0.05, 0) is 24.8 Å². The number of allylic oxidation sites excluding steroid dienone is 2. The summed E-state index contributed by atoms with van der Waals surface area (Å²) < 4.78 is 9.93. The van der Waals surface area contributed by atoms with Gasteiger partial charge in [0.2, 0.25) is 0 Å². The van der Waals surface area contributed by atoms with E-state index in [1.807, 2.05) is 36.4 Å². The second-order valence-electron chi connectivity index (χ2n) is 6.65. The van der Waals surface area contributed by atoms with Crippen molar-refractivity contribution in [2.75, 3.05) is 14.2 Å². The molecule has 1 aromatic rings. The maximum atomic E-state index is 12.5. The molecule has 1 aromatic carbocycles. The van der Waals surface area contributed by atoms with Crippen molar-refractivity contribution in [3.8, 4) is 0 Å². The van der Waals surface area contributed by atoms with Crippen LogP contribution < -0.4 is 0 Å². The Morgan fingerprint density at radius 1 is 1.04 bits per heavy atom. The van der Waals surface area contributed by atoms with E-state index < -0.39 is 22.8 Å². The molecule has 0 bridgehead atoms. The monoisotopic (exact) mass is 344 g/mol. The van der Waals surface area contributed by atoms with E-state index >= 15 is 0 Å². The lowest BCUT2D eigenvalue weighted by Crippen LogP contribution is -2.35. The highest BCUT2D eigenvalue weighted by Gasteiger charge is 2.77. The minimum absolute atomic E-state index is 0.384. The Hall–Kier alpha value is -2.10. The van der Waals surface area contributed by atoms with E-state index in [4.69, 9.17) is 9.47 Å². The van der Waals surface area contributed by atoms with Crippen LogP contribution in [-0.4, -0.2) is 26.2 Å². The molecule has 4 heteroatoms. The average Bonchev–Trinajstić information content (AvgIpc) is 3.35. The number of hydrogen-bond donors (Lipinski definition) is 0. The number of unbranched alkanes of at least 4 members (excludes halogenated alkanes) is 4. The number of hydrogen-bond acceptors (Lipinski definition) is 4. The normalized spacial score (nSPS) is 21.1. The van der Waals surface area contributed by atoms with Crippen molar-refractivity contribution < 1.29 is 19.1 Å². The number of benzene rings is 1. The highest BCUT2D eigenvalue weighted by Crippen LogP contribution is 2.67. The van der Waals surface area contributed by atoms with Gasteiger partial charge in [-0.2, -0.15) is 0 Å². The molecule has 1 aliphatic carbocycles. The third kappa shape index (κ3) is 3.48. The van der Waals surface area contributed by atoms with Crippen molar-refractivity contribution in [1.29, 1.82) is 0 Å². The predicted octanol–water partition coefficient (Wildman–Crippen LogP) is 4.19. The number of ether oxygens (including phenoxy) is 2. The Bertz CT molecular complexity index is 604. The van der Waals surface area contributed by atoms with E-state index in [0.717, 1.165) is 18.4 Å². The van der Waals surface area contributed by atoms with Crippen LogP contribution in [0.15, 0.2) is 42.5 Å². The molecule has 1 aliphatic rings. The zero-order valence-electron chi connectivity index (χ0n) is 15.4. The van der Waals surface area contributed by atoms with E-state index in [-0.39, 0.29) is 0 Å². The maximum absolute atomic E-state index is 12.5. The molecular weight excluding hydrogens is 316 g/mol. The highest BCUT2D eigenvalue weighted by atomic mass is 16.5. The van der Waals surface area contributed by atoms with Gasteiger partial charge in [0.15, 0.2) is 5.41 Å². The van der Waals surface area contributed by atoms with Gasteiger partial charge in [0, 0.05) is 5.41 Å². The van der Waals surface area contributed by atoms with Crippen LogP contribution in [0.25, 0.3) is 0 Å². The molecule has 0 saturated heterocycles. The third-order valence-electron chi connectivity index (χ3n) is 5.16. The molecule has 1 saturated carbocycles. The fourth-order valence-electron chi connectivity index (χ4n) is 3.67. The number of rotatable bonds is 9. The van der Waals surface area contributed by atoms with Gasteiger partial charge in [-0.1, -0.05) is 68.7 Å². The van der Waals surface area contributed by atoms with Crippen molar-refractivity contribution in [1.82, 2.24) is 0 Å². The summed E-state index contributed by atoms with van der Waals surface area (Å²) in [7, 11) is 2.63. The quantitative estimate of drug-likeness (QED) is 0.292. The van der Waals surface area contributed by atoms with Crippen molar-refractivity contribution in [3.05, 3.63) is 48.0 Å². The smallest absolute Gasteiger partial charge is 0.324 e. The van der Waals surface area contributed by atoms with Crippen molar-refractivity contribution in [2.45, 2.75) is 50.9 Å². The molecule has 0 unspecified atom stereocenters. The maximum Gasteiger partial charge on any atom is 0.324 e. The first-order valence-corrected chi connectivity index (χ1v) is 8.99. The summed E-state index contributed by atoms with van der Waals surface area (Å²) in [5.74, 6) is -1.06. The van der Waals surface area contributed by atoms with E-state index in [1.54, 1.807) is 0 Å². The van der Waals surface area contributed by atoms with Gasteiger partial charge in [0.05, 0.1) is 14.2 Å². The zero-order valence-corrected chi connectivity index (χ0v) is 15.4. The summed E-state index contributed by atoms with van der Waals surface area (Å²) in [5, 5.41) is 0. The average molecular weight is 344 g/mol. The number of esters is 2. The van der Waals surface area contributed by atoms with Gasteiger partial charge in [0.25, 0.3) is 0 Å². The summed E-state index contributed by atoms with van der Waals surface area (Å²) in [5.41, 5.74) is -1.02. The second-order valence-corrected chi connectivity index (χ2v) is 6.65. The lowest BCUT2D eigenvalue weighted by atomic mass is 9.85. The molecule has 1 fully saturated rings. The molecule has 2 rings (SSSR count). The van der Waals surface area contributed by atoms with Crippen LogP contribution >= 0.6 is 0 Å². The first kappa shape index (κ1) is 19.2. The number of carbonyl (C=O) groups is 2. The Labute approximate surface area is 150 Å². The molecule has 1 atom stereocenters. The van der Waals surface area contributed by atoms with Crippen LogP contribution in [0.1, 0.15) is 51.0 Å². The molecule has 0 amide bonds. The number of carbonyl (C=O) groups excluding carboxylic acids is 2. The first-order valence-electron chi connectivity index (χ1n) is 8.99. The highest BCUT2D eigenvalue weighted by molar-refractivity contribution is 6.07.